The first-order chi connectivity index (χ1) is 7.18. The summed E-state index contributed by atoms with van der Waals surface area (Å²) in [6.45, 7) is 1.60. The minimum Gasteiger partial charge on any atom is -0.312 e. The molecule has 1 aromatic heterocycles. The summed E-state index contributed by atoms with van der Waals surface area (Å²) in [5.74, 6) is 0. The van der Waals surface area contributed by atoms with E-state index >= 15 is 0 Å². The van der Waals surface area contributed by atoms with Gasteiger partial charge in [-0.15, -0.1) is 0 Å². The van der Waals surface area contributed by atoms with Crippen LogP contribution in [0.5, 0.6) is 0 Å². The molecule has 0 aromatic carbocycles. The van der Waals surface area contributed by atoms with E-state index in [0.29, 0.717) is 12.6 Å². The van der Waals surface area contributed by atoms with Crippen LogP contribution in [-0.4, -0.2) is 21.7 Å². The number of nitrogens with one attached hydrogen (secondary N) is 1. The van der Waals surface area contributed by atoms with Crippen molar-refractivity contribution < 1.29 is 0 Å². The summed E-state index contributed by atoms with van der Waals surface area (Å²) in [6, 6.07) is 0.329. The van der Waals surface area contributed by atoms with Crippen LogP contribution < -0.4 is 16.4 Å². The molecule has 0 unspecified atom stereocenters. The topological polar surface area (TPSA) is 56.0 Å². The van der Waals surface area contributed by atoms with Crippen LogP contribution in [0.4, 0.5) is 0 Å². The van der Waals surface area contributed by atoms with Gasteiger partial charge >= 0.3 is 11.1 Å². The predicted octanol–water partition coefficient (Wildman–Crippen LogP) is -0.701. The molecule has 0 radical (unpaired) electrons. The van der Waals surface area contributed by atoms with Crippen LogP contribution >= 0.6 is 0 Å². The lowest BCUT2D eigenvalue weighted by molar-refractivity contribution is 0.492. The van der Waals surface area contributed by atoms with Crippen molar-refractivity contribution in [3.8, 4) is 0 Å². The second-order valence-corrected chi connectivity index (χ2v) is 3.96. The lowest BCUT2D eigenvalue weighted by atomic mass is 10.2. The van der Waals surface area contributed by atoms with E-state index in [4.69, 9.17) is 0 Å². The molecule has 5 nitrogen and oxygen atoms in total. The Bertz CT molecular complexity index is 454. The van der Waals surface area contributed by atoms with Crippen LogP contribution in [-0.2, 0) is 13.6 Å². The van der Waals surface area contributed by atoms with Gasteiger partial charge in [-0.3, -0.25) is 9.59 Å². The van der Waals surface area contributed by atoms with E-state index in [2.05, 4.69) is 5.32 Å². The number of aryl methyl sites for hydroxylation is 1. The van der Waals surface area contributed by atoms with Crippen molar-refractivity contribution in [2.75, 3.05) is 6.54 Å². The standard InChI is InChI=1S/C10H15N3O2/c1-12-5-6-13(10(15)9(12)14)7-8-3-2-4-11-8/h5-6,8,11H,2-4,7H2,1H3/t8-/m0/s1. The number of rotatable bonds is 2. The van der Waals surface area contributed by atoms with Gasteiger partial charge in [0.05, 0.1) is 0 Å². The molecule has 0 aliphatic carbocycles. The lowest BCUT2D eigenvalue weighted by Crippen LogP contribution is -2.42. The molecule has 2 rings (SSSR count). The molecular formula is C10H15N3O2. The SMILES string of the molecule is Cn1ccn(C[C@@H]2CCCN2)c(=O)c1=O. The van der Waals surface area contributed by atoms with Crippen molar-refractivity contribution in [3.05, 3.63) is 33.1 Å². The zero-order valence-corrected chi connectivity index (χ0v) is 8.77. The molecular weight excluding hydrogens is 194 g/mol. The van der Waals surface area contributed by atoms with Gasteiger partial charge in [-0.1, -0.05) is 0 Å². The van der Waals surface area contributed by atoms with Crippen LogP contribution in [0.1, 0.15) is 12.8 Å². The maximum Gasteiger partial charge on any atom is 0.316 e. The summed E-state index contributed by atoms with van der Waals surface area (Å²) >= 11 is 0. The van der Waals surface area contributed by atoms with Crippen LogP contribution in [0, 0.1) is 0 Å². The Morgan fingerprint density at radius 2 is 2.20 bits per heavy atom. The van der Waals surface area contributed by atoms with Gasteiger partial charge in [0.2, 0.25) is 0 Å². The maximum absolute atomic E-state index is 11.6. The Labute approximate surface area is 87.3 Å². The normalized spacial score (nSPS) is 20.7. The summed E-state index contributed by atoms with van der Waals surface area (Å²) in [4.78, 5) is 23.0. The van der Waals surface area contributed by atoms with Crippen LogP contribution in [0.2, 0.25) is 0 Å². The van der Waals surface area contributed by atoms with Gasteiger partial charge in [-0.2, -0.15) is 0 Å². The molecule has 0 saturated carbocycles. The highest BCUT2D eigenvalue weighted by atomic mass is 16.2. The molecule has 15 heavy (non-hydrogen) atoms. The second kappa shape index (κ2) is 4.02. The van der Waals surface area contributed by atoms with Crippen molar-refractivity contribution in [2.24, 2.45) is 7.05 Å². The summed E-state index contributed by atoms with van der Waals surface area (Å²) in [7, 11) is 1.59. The largest absolute Gasteiger partial charge is 0.316 e. The predicted molar refractivity (Wildman–Crippen MR) is 57.0 cm³/mol. The molecule has 0 amide bonds. The van der Waals surface area contributed by atoms with Crippen LogP contribution in [0.3, 0.4) is 0 Å². The summed E-state index contributed by atoms with van der Waals surface area (Å²) < 4.78 is 2.80. The number of hydrogen-bond acceptors (Lipinski definition) is 3. The second-order valence-electron chi connectivity index (χ2n) is 3.96. The first kappa shape index (κ1) is 10.2. The van der Waals surface area contributed by atoms with Gasteiger partial charge in [-0.25, -0.2) is 0 Å². The van der Waals surface area contributed by atoms with Gasteiger partial charge in [-0.05, 0) is 19.4 Å². The summed E-state index contributed by atoms with van der Waals surface area (Å²) in [5.41, 5.74) is -0.899. The van der Waals surface area contributed by atoms with Gasteiger partial charge in [0.25, 0.3) is 0 Å². The fraction of sp³-hybridized carbons (Fsp3) is 0.600. The van der Waals surface area contributed by atoms with E-state index in [0.717, 1.165) is 19.4 Å². The third-order valence-corrected chi connectivity index (χ3v) is 2.81. The first-order valence-corrected chi connectivity index (χ1v) is 5.18. The van der Waals surface area contributed by atoms with E-state index in [1.54, 1.807) is 19.4 Å². The summed E-state index contributed by atoms with van der Waals surface area (Å²) in [6.07, 6.45) is 5.51. The third kappa shape index (κ3) is 2.02. The van der Waals surface area contributed by atoms with Crippen molar-refractivity contribution in [1.29, 1.82) is 0 Å². The van der Waals surface area contributed by atoms with Gasteiger partial charge in [0.1, 0.15) is 0 Å². The van der Waals surface area contributed by atoms with Gasteiger partial charge < -0.3 is 14.5 Å². The molecule has 0 bridgehead atoms. The van der Waals surface area contributed by atoms with Gasteiger partial charge in [0, 0.05) is 32.0 Å². The molecule has 0 spiro atoms. The maximum atomic E-state index is 11.6. The van der Waals surface area contributed by atoms with Crippen molar-refractivity contribution in [3.63, 3.8) is 0 Å². The molecule has 1 fully saturated rings. The zero-order chi connectivity index (χ0) is 10.8. The van der Waals surface area contributed by atoms with E-state index in [-0.39, 0.29) is 0 Å². The zero-order valence-electron chi connectivity index (χ0n) is 8.77. The van der Waals surface area contributed by atoms with Crippen LogP contribution in [0.25, 0.3) is 0 Å². The Morgan fingerprint density at radius 3 is 2.87 bits per heavy atom. The Balaban J connectivity index is 2.25. The molecule has 1 atom stereocenters. The summed E-state index contributed by atoms with van der Waals surface area (Å²) in [5, 5.41) is 3.30. The average Bonchev–Trinajstić information content (AvgIpc) is 2.72. The molecule has 1 aliphatic heterocycles. The fourth-order valence-corrected chi connectivity index (χ4v) is 1.88. The highest BCUT2D eigenvalue weighted by Gasteiger charge is 2.15. The Morgan fingerprint density at radius 1 is 1.40 bits per heavy atom. The monoisotopic (exact) mass is 209 g/mol. The highest BCUT2D eigenvalue weighted by Crippen LogP contribution is 2.05. The number of hydrogen-bond donors (Lipinski definition) is 1. The molecule has 1 aromatic rings. The Hall–Kier alpha value is -1.36. The van der Waals surface area contributed by atoms with E-state index < -0.39 is 11.1 Å². The Kier molecular flexibility index (Phi) is 2.73. The molecule has 5 heteroatoms. The number of nitrogens with zero attached hydrogens (tertiary/aromatic N) is 2. The van der Waals surface area contributed by atoms with Gasteiger partial charge in [0.15, 0.2) is 0 Å². The average molecular weight is 209 g/mol. The van der Waals surface area contributed by atoms with Crippen molar-refractivity contribution in [2.45, 2.75) is 25.4 Å². The fourth-order valence-electron chi connectivity index (χ4n) is 1.88. The van der Waals surface area contributed by atoms with E-state index in [1.807, 2.05) is 0 Å². The van der Waals surface area contributed by atoms with E-state index in [1.165, 1.54) is 9.13 Å². The molecule has 1 N–H and O–H groups in total. The molecule has 1 aliphatic rings. The smallest absolute Gasteiger partial charge is 0.312 e. The third-order valence-electron chi connectivity index (χ3n) is 2.81. The molecule has 2 heterocycles. The lowest BCUT2D eigenvalue weighted by Gasteiger charge is -2.12. The highest BCUT2D eigenvalue weighted by molar-refractivity contribution is 4.87. The minimum absolute atomic E-state index is 0.329. The first-order valence-electron chi connectivity index (χ1n) is 5.18. The van der Waals surface area contributed by atoms with Crippen molar-refractivity contribution in [1.82, 2.24) is 14.5 Å². The number of aromatic nitrogens is 2. The molecule has 82 valence electrons. The minimum atomic E-state index is -0.463. The quantitative estimate of drug-likeness (QED) is 0.655. The molecule has 1 saturated heterocycles. The van der Waals surface area contributed by atoms with Crippen molar-refractivity contribution >= 4 is 0 Å². The van der Waals surface area contributed by atoms with Crippen LogP contribution in [0.15, 0.2) is 22.0 Å². The van der Waals surface area contributed by atoms with E-state index in [9.17, 15) is 9.59 Å².